The summed E-state index contributed by atoms with van der Waals surface area (Å²) in [5.41, 5.74) is 6.40. The molecule has 0 aromatic heterocycles. The van der Waals surface area contributed by atoms with Crippen LogP contribution in [0, 0.1) is 13.8 Å². The fourth-order valence-electron chi connectivity index (χ4n) is 2.82. The molecule has 0 saturated carbocycles. The molecule has 0 aliphatic carbocycles. The van der Waals surface area contributed by atoms with E-state index in [1.165, 1.54) is 16.7 Å². The third-order valence-electron chi connectivity index (χ3n) is 4.30. The fourth-order valence-corrected chi connectivity index (χ4v) is 2.82. The lowest BCUT2D eigenvalue weighted by Gasteiger charge is -2.42. The van der Waals surface area contributed by atoms with Gasteiger partial charge in [0.25, 0.3) is 0 Å². The molecule has 1 heterocycles. The Morgan fingerprint density at radius 1 is 1.26 bits per heavy atom. The van der Waals surface area contributed by atoms with Crippen molar-refractivity contribution in [2.75, 3.05) is 20.3 Å². The number of nitrogens with two attached hydrogens (primary N) is 1. The summed E-state index contributed by atoms with van der Waals surface area (Å²) in [4.78, 5) is 0. The maximum atomic E-state index is 5.83. The van der Waals surface area contributed by atoms with E-state index >= 15 is 0 Å². The minimum Gasteiger partial charge on any atom is -0.381 e. The number of aryl methyl sites for hydroxylation is 2. The smallest absolute Gasteiger partial charge is 0.0929 e. The summed E-state index contributed by atoms with van der Waals surface area (Å²) in [6, 6.07) is 6.44. The van der Waals surface area contributed by atoms with Gasteiger partial charge in [0.1, 0.15) is 0 Å². The van der Waals surface area contributed by atoms with Crippen molar-refractivity contribution >= 4 is 0 Å². The zero-order valence-corrected chi connectivity index (χ0v) is 12.0. The van der Waals surface area contributed by atoms with E-state index in [9.17, 15) is 0 Å². The SMILES string of the molecule is COC1(C(NN)c2ccc(C)c(C)c2)CCOCC1. The van der Waals surface area contributed by atoms with Gasteiger partial charge in [0.15, 0.2) is 0 Å². The summed E-state index contributed by atoms with van der Waals surface area (Å²) in [6.07, 6.45) is 1.70. The molecule has 1 atom stereocenters. The van der Waals surface area contributed by atoms with Crippen molar-refractivity contribution in [2.24, 2.45) is 5.84 Å². The van der Waals surface area contributed by atoms with Crippen LogP contribution in [-0.4, -0.2) is 25.9 Å². The molecule has 3 N–H and O–H groups in total. The summed E-state index contributed by atoms with van der Waals surface area (Å²) in [6.45, 7) is 5.67. The number of hydrazine groups is 1. The first-order valence-electron chi connectivity index (χ1n) is 6.79. The number of rotatable bonds is 4. The first-order valence-corrected chi connectivity index (χ1v) is 6.79. The molecule has 1 aromatic carbocycles. The van der Waals surface area contributed by atoms with Crippen LogP contribution in [0.3, 0.4) is 0 Å². The Kier molecular flexibility index (Phi) is 4.58. The maximum absolute atomic E-state index is 5.83. The van der Waals surface area contributed by atoms with Crippen LogP contribution in [0.15, 0.2) is 18.2 Å². The lowest BCUT2D eigenvalue weighted by Crippen LogP contribution is -2.51. The second kappa shape index (κ2) is 6.01. The minimum absolute atomic E-state index is 0.0132. The average molecular weight is 264 g/mol. The van der Waals surface area contributed by atoms with Gasteiger partial charge in [0, 0.05) is 33.2 Å². The topological polar surface area (TPSA) is 56.5 Å². The molecule has 0 amide bonds. The predicted molar refractivity (Wildman–Crippen MR) is 75.8 cm³/mol. The van der Waals surface area contributed by atoms with Crippen molar-refractivity contribution in [3.05, 3.63) is 34.9 Å². The van der Waals surface area contributed by atoms with E-state index in [0.29, 0.717) is 0 Å². The number of hydrogen-bond donors (Lipinski definition) is 2. The molecule has 1 aromatic rings. The number of hydrogen-bond acceptors (Lipinski definition) is 4. The van der Waals surface area contributed by atoms with E-state index in [0.717, 1.165) is 26.1 Å². The number of ether oxygens (including phenoxy) is 2. The largest absolute Gasteiger partial charge is 0.381 e. The van der Waals surface area contributed by atoms with Gasteiger partial charge in [-0.15, -0.1) is 0 Å². The molecule has 1 aliphatic heterocycles. The summed E-state index contributed by atoms with van der Waals surface area (Å²) >= 11 is 0. The predicted octanol–water partition coefficient (Wildman–Crippen LogP) is 2.00. The maximum Gasteiger partial charge on any atom is 0.0929 e. The molecule has 0 spiro atoms. The second-order valence-corrected chi connectivity index (χ2v) is 5.32. The van der Waals surface area contributed by atoms with Gasteiger partial charge in [-0.25, -0.2) is 0 Å². The lowest BCUT2D eigenvalue weighted by atomic mass is 9.82. The summed E-state index contributed by atoms with van der Waals surface area (Å²) < 4.78 is 11.3. The summed E-state index contributed by atoms with van der Waals surface area (Å²) in [5, 5.41) is 0. The van der Waals surface area contributed by atoms with E-state index in [1.54, 1.807) is 7.11 Å². The Morgan fingerprint density at radius 3 is 2.47 bits per heavy atom. The van der Waals surface area contributed by atoms with Crippen molar-refractivity contribution < 1.29 is 9.47 Å². The molecule has 2 rings (SSSR count). The highest BCUT2D eigenvalue weighted by molar-refractivity contribution is 5.33. The van der Waals surface area contributed by atoms with Gasteiger partial charge in [0.2, 0.25) is 0 Å². The van der Waals surface area contributed by atoms with Gasteiger partial charge in [-0.3, -0.25) is 11.3 Å². The molecule has 0 bridgehead atoms. The first kappa shape index (κ1) is 14.5. The van der Waals surface area contributed by atoms with Crippen LogP contribution in [0.5, 0.6) is 0 Å². The van der Waals surface area contributed by atoms with E-state index in [4.69, 9.17) is 15.3 Å². The second-order valence-electron chi connectivity index (χ2n) is 5.32. The number of nitrogens with one attached hydrogen (secondary N) is 1. The van der Waals surface area contributed by atoms with Crippen molar-refractivity contribution in [2.45, 2.75) is 38.3 Å². The van der Waals surface area contributed by atoms with Crippen molar-refractivity contribution in [3.63, 3.8) is 0 Å². The normalized spacial score (nSPS) is 20.2. The molecule has 19 heavy (non-hydrogen) atoms. The molecule has 1 fully saturated rings. The van der Waals surface area contributed by atoms with E-state index in [1.807, 2.05) is 0 Å². The molecule has 1 unspecified atom stereocenters. The van der Waals surface area contributed by atoms with Crippen LogP contribution in [0.1, 0.15) is 35.6 Å². The molecule has 106 valence electrons. The van der Waals surface area contributed by atoms with Gasteiger partial charge in [-0.1, -0.05) is 18.2 Å². The Hall–Kier alpha value is -0.940. The minimum atomic E-state index is -0.283. The first-order chi connectivity index (χ1) is 9.13. The number of methoxy groups -OCH3 is 1. The van der Waals surface area contributed by atoms with Crippen LogP contribution >= 0.6 is 0 Å². The Labute approximate surface area is 115 Å². The molecule has 4 nitrogen and oxygen atoms in total. The van der Waals surface area contributed by atoms with Crippen LogP contribution < -0.4 is 11.3 Å². The highest BCUT2D eigenvalue weighted by Crippen LogP contribution is 2.37. The van der Waals surface area contributed by atoms with E-state index in [2.05, 4.69) is 37.5 Å². The van der Waals surface area contributed by atoms with Crippen LogP contribution in [0.2, 0.25) is 0 Å². The van der Waals surface area contributed by atoms with Gasteiger partial charge < -0.3 is 9.47 Å². The average Bonchev–Trinajstić information content (AvgIpc) is 2.44. The highest BCUT2D eigenvalue weighted by Gasteiger charge is 2.41. The van der Waals surface area contributed by atoms with E-state index < -0.39 is 0 Å². The van der Waals surface area contributed by atoms with Crippen LogP contribution in [0.4, 0.5) is 0 Å². The third kappa shape index (κ3) is 2.82. The molecule has 1 aliphatic rings. The van der Waals surface area contributed by atoms with Crippen molar-refractivity contribution in [1.29, 1.82) is 0 Å². The van der Waals surface area contributed by atoms with Crippen molar-refractivity contribution in [3.8, 4) is 0 Å². The van der Waals surface area contributed by atoms with Gasteiger partial charge in [-0.2, -0.15) is 0 Å². The van der Waals surface area contributed by atoms with Gasteiger partial charge >= 0.3 is 0 Å². The Bertz CT molecular complexity index is 428. The summed E-state index contributed by atoms with van der Waals surface area (Å²) in [5.74, 6) is 5.81. The monoisotopic (exact) mass is 264 g/mol. The fraction of sp³-hybridized carbons (Fsp3) is 0.600. The molecule has 0 radical (unpaired) electrons. The zero-order valence-electron chi connectivity index (χ0n) is 12.0. The van der Waals surface area contributed by atoms with E-state index in [-0.39, 0.29) is 11.6 Å². The number of benzene rings is 1. The van der Waals surface area contributed by atoms with Gasteiger partial charge in [0.05, 0.1) is 11.6 Å². The standard InChI is InChI=1S/C15H24N2O2/c1-11-4-5-13(10-12(11)2)14(17-16)15(18-3)6-8-19-9-7-15/h4-5,10,14,17H,6-9,16H2,1-3H3. The third-order valence-corrected chi connectivity index (χ3v) is 4.30. The summed E-state index contributed by atoms with van der Waals surface area (Å²) in [7, 11) is 1.76. The quantitative estimate of drug-likeness (QED) is 0.645. The van der Waals surface area contributed by atoms with Crippen LogP contribution in [0.25, 0.3) is 0 Å². The molecular weight excluding hydrogens is 240 g/mol. The molecule has 4 heteroatoms. The molecular formula is C15H24N2O2. The zero-order chi connectivity index (χ0) is 13.9. The molecule has 1 saturated heterocycles. The lowest BCUT2D eigenvalue weighted by molar-refractivity contribution is -0.111. The van der Waals surface area contributed by atoms with Gasteiger partial charge in [-0.05, 0) is 30.5 Å². The van der Waals surface area contributed by atoms with Crippen molar-refractivity contribution in [1.82, 2.24) is 5.43 Å². The highest BCUT2D eigenvalue weighted by atomic mass is 16.5. The Balaban J connectivity index is 2.33. The van der Waals surface area contributed by atoms with Crippen LogP contribution in [-0.2, 0) is 9.47 Å². The Morgan fingerprint density at radius 2 is 1.95 bits per heavy atom.